The fourth-order valence-electron chi connectivity index (χ4n) is 6.88. The first-order valence-electron chi connectivity index (χ1n) is 9.30. The summed E-state index contributed by atoms with van der Waals surface area (Å²) >= 11 is 4.10. The van der Waals surface area contributed by atoms with Crippen LogP contribution < -0.4 is 0 Å². The van der Waals surface area contributed by atoms with Crippen molar-refractivity contribution in [2.45, 2.75) is 77.0 Å². The molecule has 3 fully saturated rings. The van der Waals surface area contributed by atoms with Gasteiger partial charge in [0.15, 0.2) is 0 Å². The second kappa shape index (κ2) is 4.86. The number of halogens is 1. The Morgan fingerprint density at radius 3 is 2.67 bits per heavy atom. The minimum Gasteiger partial charge on any atom is -0.0842 e. The highest BCUT2D eigenvalue weighted by molar-refractivity contribution is 9.09. The third kappa shape index (κ3) is 2.05. The van der Waals surface area contributed by atoms with Gasteiger partial charge < -0.3 is 0 Å². The van der Waals surface area contributed by atoms with Crippen molar-refractivity contribution >= 4 is 15.9 Å². The predicted molar refractivity (Wildman–Crippen MR) is 93.6 cm³/mol. The van der Waals surface area contributed by atoms with Crippen LogP contribution in [0.5, 0.6) is 0 Å². The zero-order chi connectivity index (χ0) is 14.8. The predicted octanol–water partition coefficient (Wildman–Crippen LogP) is 6.35. The van der Waals surface area contributed by atoms with Crippen LogP contribution in [0, 0.1) is 34.5 Å². The highest BCUT2D eigenvalue weighted by atomic mass is 79.9. The molecule has 5 unspecified atom stereocenters. The molecule has 1 heteroatoms. The second-order valence-corrected chi connectivity index (χ2v) is 10.3. The Morgan fingerprint density at radius 1 is 1.05 bits per heavy atom. The van der Waals surface area contributed by atoms with Crippen LogP contribution in [-0.2, 0) is 0 Å². The summed E-state index contributed by atoms with van der Waals surface area (Å²) in [5.74, 6) is 3.78. The van der Waals surface area contributed by atoms with Crippen LogP contribution in [-0.4, -0.2) is 4.83 Å². The van der Waals surface area contributed by atoms with Crippen LogP contribution in [0.15, 0.2) is 11.6 Å². The second-order valence-electron chi connectivity index (χ2n) is 9.22. The highest BCUT2D eigenvalue weighted by Gasteiger charge is 2.57. The molecule has 0 aromatic heterocycles. The average molecular weight is 351 g/mol. The summed E-state index contributed by atoms with van der Waals surface area (Å²) in [6.07, 6.45) is 14.4. The molecule has 0 aliphatic heterocycles. The van der Waals surface area contributed by atoms with E-state index in [0.717, 1.165) is 23.7 Å². The highest BCUT2D eigenvalue weighted by Crippen LogP contribution is 2.66. The molecule has 7 atom stereocenters. The fraction of sp³-hybridized carbons (Fsp3) is 0.900. The van der Waals surface area contributed by atoms with Crippen molar-refractivity contribution in [2.24, 2.45) is 34.5 Å². The van der Waals surface area contributed by atoms with Crippen molar-refractivity contribution in [1.29, 1.82) is 0 Å². The summed E-state index contributed by atoms with van der Waals surface area (Å²) < 4.78 is 0. The van der Waals surface area contributed by atoms with Gasteiger partial charge >= 0.3 is 0 Å². The van der Waals surface area contributed by atoms with Crippen molar-refractivity contribution in [1.82, 2.24) is 0 Å². The van der Waals surface area contributed by atoms with Crippen LogP contribution >= 0.6 is 15.9 Å². The van der Waals surface area contributed by atoms with Gasteiger partial charge in [-0.2, -0.15) is 0 Å². The van der Waals surface area contributed by atoms with Crippen LogP contribution in [0.3, 0.4) is 0 Å². The lowest BCUT2D eigenvalue weighted by atomic mass is 9.47. The molecule has 0 nitrogen and oxygen atoms in total. The molecule has 0 heterocycles. The summed E-state index contributed by atoms with van der Waals surface area (Å²) in [6.45, 7) is 7.64. The maximum absolute atomic E-state index is 4.10. The first kappa shape index (κ1) is 14.8. The van der Waals surface area contributed by atoms with E-state index in [0.29, 0.717) is 15.7 Å². The van der Waals surface area contributed by atoms with Crippen molar-refractivity contribution in [2.75, 3.05) is 0 Å². The van der Waals surface area contributed by atoms with Gasteiger partial charge in [0.1, 0.15) is 0 Å². The molecule has 3 saturated carbocycles. The Kier molecular flexibility index (Phi) is 3.42. The van der Waals surface area contributed by atoms with E-state index in [1.165, 1.54) is 51.4 Å². The average Bonchev–Trinajstić information content (AvgIpc) is 2.83. The Balaban J connectivity index is 1.72. The van der Waals surface area contributed by atoms with Gasteiger partial charge in [-0.15, -0.1) is 0 Å². The smallest absolute Gasteiger partial charge is 0.0363 e. The molecular formula is C20H31Br. The van der Waals surface area contributed by atoms with Crippen molar-refractivity contribution in [3.63, 3.8) is 0 Å². The minimum atomic E-state index is 0.507. The minimum absolute atomic E-state index is 0.507. The van der Waals surface area contributed by atoms with Crippen LogP contribution in [0.4, 0.5) is 0 Å². The Bertz CT molecular complexity index is 466. The van der Waals surface area contributed by atoms with Crippen LogP contribution in [0.2, 0.25) is 0 Å². The van der Waals surface area contributed by atoms with Crippen molar-refractivity contribution in [3.05, 3.63) is 11.6 Å². The molecule has 4 aliphatic carbocycles. The molecule has 4 aliphatic rings. The quantitative estimate of drug-likeness (QED) is 0.352. The van der Waals surface area contributed by atoms with Gasteiger partial charge in [-0.05, 0) is 79.4 Å². The molecule has 0 bridgehead atoms. The first-order valence-corrected chi connectivity index (χ1v) is 10.2. The molecule has 0 spiro atoms. The lowest BCUT2D eigenvalue weighted by molar-refractivity contribution is -0.0355. The van der Waals surface area contributed by atoms with Gasteiger partial charge in [0.25, 0.3) is 0 Å². The number of alkyl halides is 1. The molecule has 0 radical (unpaired) electrons. The monoisotopic (exact) mass is 350 g/mol. The van der Waals surface area contributed by atoms with Gasteiger partial charge in [-0.1, -0.05) is 54.8 Å². The zero-order valence-corrected chi connectivity index (χ0v) is 15.6. The van der Waals surface area contributed by atoms with E-state index in [-0.39, 0.29) is 0 Å². The maximum atomic E-state index is 4.10. The van der Waals surface area contributed by atoms with E-state index in [1.807, 2.05) is 0 Å². The van der Waals surface area contributed by atoms with E-state index < -0.39 is 0 Å². The maximum Gasteiger partial charge on any atom is 0.0363 e. The van der Waals surface area contributed by atoms with Gasteiger partial charge in [0.2, 0.25) is 0 Å². The molecule has 0 aromatic rings. The van der Waals surface area contributed by atoms with Gasteiger partial charge in [0, 0.05) is 4.83 Å². The van der Waals surface area contributed by atoms with Crippen molar-refractivity contribution < 1.29 is 0 Å². The van der Waals surface area contributed by atoms with Gasteiger partial charge in [-0.25, -0.2) is 0 Å². The van der Waals surface area contributed by atoms with Gasteiger partial charge in [-0.3, -0.25) is 0 Å². The summed E-state index contributed by atoms with van der Waals surface area (Å²) in [5, 5.41) is 0. The van der Waals surface area contributed by atoms with E-state index in [2.05, 4.69) is 42.8 Å². The molecule has 0 amide bonds. The number of fused-ring (bicyclic) bond motifs is 5. The molecule has 0 aromatic carbocycles. The van der Waals surface area contributed by atoms with E-state index in [1.54, 1.807) is 5.57 Å². The molecule has 4 rings (SSSR count). The zero-order valence-electron chi connectivity index (χ0n) is 14.0. The van der Waals surface area contributed by atoms with Crippen LogP contribution in [0.25, 0.3) is 0 Å². The fourth-order valence-corrected chi connectivity index (χ4v) is 7.99. The number of hydrogen-bond acceptors (Lipinski definition) is 0. The summed E-state index contributed by atoms with van der Waals surface area (Å²) in [4.78, 5) is 0.662. The summed E-state index contributed by atoms with van der Waals surface area (Å²) in [6, 6.07) is 0. The Morgan fingerprint density at radius 2 is 1.86 bits per heavy atom. The number of rotatable bonds is 0. The van der Waals surface area contributed by atoms with E-state index in [9.17, 15) is 0 Å². The Labute approximate surface area is 139 Å². The summed E-state index contributed by atoms with van der Waals surface area (Å²) in [7, 11) is 0. The van der Waals surface area contributed by atoms with E-state index in [4.69, 9.17) is 0 Å². The lowest BCUT2D eigenvalue weighted by Gasteiger charge is -2.59. The van der Waals surface area contributed by atoms with Gasteiger partial charge in [0.05, 0.1) is 0 Å². The lowest BCUT2D eigenvalue weighted by Crippen LogP contribution is -2.51. The van der Waals surface area contributed by atoms with E-state index >= 15 is 0 Å². The largest absolute Gasteiger partial charge is 0.0842 e. The molecule has 0 saturated heterocycles. The van der Waals surface area contributed by atoms with Crippen molar-refractivity contribution in [3.8, 4) is 0 Å². The molecule has 21 heavy (non-hydrogen) atoms. The summed E-state index contributed by atoms with van der Waals surface area (Å²) in [5.41, 5.74) is 2.98. The molecule has 118 valence electrons. The molecular weight excluding hydrogens is 320 g/mol. The first-order chi connectivity index (χ1) is 9.94. The topological polar surface area (TPSA) is 0 Å². The third-order valence-electron chi connectivity index (χ3n) is 8.10. The Hall–Kier alpha value is 0.220. The third-order valence-corrected chi connectivity index (χ3v) is 8.96. The number of allylic oxidation sites excluding steroid dienone is 2. The normalized spacial score (nSPS) is 56.2. The number of hydrogen-bond donors (Lipinski definition) is 0. The molecule has 0 N–H and O–H groups in total. The SMILES string of the molecule is CC1C=C2[C@H](Br)CC3C4CCCC4(C)CCC3[C@@]2(C)CC1. The van der Waals surface area contributed by atoms with Crippen LogP contribution in [0.1, 0.15) is 72.1 Å². The standard InChI is InChI=1S/C20H31Br/c1-13-6-10-20(3)16-7-9-19(2)8-4-5-15(19)14(16)12-18(21)17(20)11-13/h11,13-16,18H,4-10,12H2,1-3H3/t13?,14?,15?,16?,18-,19?,20-/m1/s1.